The molecule has 172 valence electrons. The third-order valence-electron chi connectivity index (χ3n) is 5.93. The van der Waals surface area contributed by atoms with Gasteiger partial charge in [-0.05, 0) is 30.7 Å². The zero-order chi connectivity index (χ0) is 23.7. The number of fused-ring (bicyclic) bond motifs is 1. The van der Waals surface area contributed by atoms with E-state index in [4.69, 9.17) is 25.8 Å². The third-order valence-corrected chi connectivity index (χ3v) is 7.49. The number of anilines is 1. The van der Waals surface area contributed by atoms with Crippen molar-refractivity contribution in [3.63, 3.8) is 0 Å². The summed E-state index contributed by atoms with van der Waals surface area (Å²) in [5, 5.41) is 11.5. The number of rotatable bonds is 5. The van der Waals surface area contributed by atoms with Crippen molar-refractivity contribution in [2.45, 2.75) is 19.3 Å². The van der Waals surface area contributed by atoms with Crippen LogP contribution in [0.15, 0.2) is 40.9 Å². The van der Waals surface area contributed by atoms with Crippen molar-refractivity contribution in [1.29, 1.82) is 5.26 Å². The number of aryl methyl sites for hydroxylation is 1. The van der Waals surface area contributed by atoms with Gasteiger partial charge in [-0.1, -0.05) is 29.4 Å². The minimum absolute atomic E-state index is 0.0544. The smallest absolute Gasteiger partial charge is 0.229 e. The molecule has 0 radical (unpaired) electrons. The van der Waals surface area contributed by atoms with Crippen LogP contribution in [-0.2, 0) is 4.79 Å². The Labute approximate surface area is 202 Å². The van der Waals surface area contributed by atoms with E-state index in [-0.39, 0.29) is 12.3 Å². The predicted molar refractivity (Wildman–Crippen MR) is 129 cm³/mol. The standard InChI is InChI=1S/C24H24ClN3O4S/c1-14-5-6-15(7-19(14)25)27-12-28-23(29)9-16(18(11-26)24(28)33-13-27)17-8-21(31-3)22(32-4)10-20(17)30-2/h5-8,10,16H,9,12-13H2,1-4H3/t16-/m0/s1. The van der Waals surface area contributed by atoms with Gasteiger partial charge in [-0.25, -0.2) is 0 Å². The van der Waals surface area contributed by atoms with Gasteiger partial charge in [0.15, 0.2) is 11.5 Å². The van der Waals surface area contributed by atoms with Gasteiger partial charge in [0.2, 0.25) is 5.91 Å². The Morgan fingerprint density at radius 2 is 1.79 bits per heavy atom. The molecular formula is C24H24ClN3O4S. The van der Waals surface area contributed by atoms with Crippen LogP contribution in [0.1, 0.15) is 23.5 Å². The molecule has 1 amide bonds. The topological polar surface area (TPSA) is 75.0 Å². The predicted octanol–water partition coefficient (Wildman–Crippen LogP) is 4.89. The molecule has 33 heavy (non-hydrogen) atoms. The second-order valence-corrected chi connectivity index (χ2v) is 9.09. The van der Waals surface area contributed by atoms with Gasteiger partial charge in [-0.3, -0.25) is 9.69 Å². The first kappa shape index (κ1) is 23.1. The fraction of sp³-hybridized carbons (Fsp3) is 0.333. The Balaban J connectivity index is 1.72. The number of carbonyl (C=O) groups excluding carboxylic acids is 1. The second-order valence-electron chi connectivity index (χ2n) is 7.75. The van der Waals surface area contributed by atoms with E-state index in [9.17, 15) is 10.1 Å². The van der Waals surface area contributed by atoms with Gasteiger partial charge in [0.25, 0.3) is 0 Å². The molecule has 9 heteroatoms. The SMILES string of the molecule is COc1cc(OC)c([C@@H]2CC(=O)N3CN(c4ccc(C)c(Cl)c4)CSC3=C2C#N)cc1OC. The van der Waals surface area contributed by atoms with Crippen LogP contribution in [0.2, 0.25) is 5.02 Å². The highest BCUT2D eigenvalue weighted by Crippen LogP contribution is 2.47. The molecule has 2 aromatic rings. The van der Waals surface area contributed by atoms with E-state index in [1.54, 1.807) is 38.4 Å². The molecule has 7 nitrogen and oxygen atoms in total. The molecular weight excluding hydrogens is 462 g/mol. The van der Waals surface area contributed by atoms with Crippen LogP contribution >= 0.6 is 23.4 Å². The van der Waals surface area contributed by atoms with Gasteiger partial charge in [-0.15, -0.1) is 0 Å². The number of hydrogen-bond donors (Lipinski definition) is 0. The number of allylic oxidation sites excluding steroid dienone is 1. The number of carbonyl (C=O) groups is 1. The monoisotopic (exact) mass is 485 g/mol. The summed E-state index contributed by atoms with van der Waals surface area (Å²) in [4.78, 5) is 17.0. The van der Waals surface area contributed by atoms with Gasteiger partial charge in [-0.2, -0.15) is 5.26 Å². The Hall–Kier alpha value is -3.02. The number of ether oxygens (including phenoxy) is 3. The quantitative estimate of drug-likeness (QED) is 0.596. The summed E-state index contributed by atoms with van der Waals surface area (Å²) in [6.45, 7) is 2.31. The fourth-order valence-electron chi connectivity index (χ4n) is 4.09. The van der Waals surface area contributed by atoms with Crippen LogP contribution in [0, 0.1) is 18.3 Å². The Kier molecular flexibility index (Phi) is 6.63. The second kappa shape index (κ2) is 9.46. The van der Waals surface area contributed by atoms with Crippen LogP contribution in [-0.4, -0.2) is 44.7 Å². The Morgan fingerprint density at radius 3 is 2.42 bits per heavy atom. The summed E-state index contributed by atoms with van der Waals surface area (Å²) < 4.78 is 16.4. The maximum absolute atomic E-state index is 13.3. The van der Waals surface area contributed by atoms with Crippen LogP contribution in [0.4, 0.5) is 5.69 Å². The number of amides is 1. The summed E-state index contributed by atoms with van der Waals surface area (Å²) in [5.41, 5.74) is 3.21. The first-order valence-electron chi connectivity index (χ1n) is 10.3. The van der Waals surface area contributed by atoms with Crippen molar-refractivity contribution < 1.29 is 19.0 Å². The highest BCUT2D eigenvalue weighted by molar-refractivity contribution is 8.03. The molecule has 0 spiro atoms. The molecule has 1 fully saturated rings. The Bertz CT molecular complexity index is 1180. The van der Waals surface area contributed by atoms with Gasteiger partial charge in [0.05, 0.1) is 50.5 Å². The summed E-state index contributed by atoms with van der Waals surface area (Å²) >= 11 is 7.78. The van der Waals surface area contributed by atoms with Gasteiger partial charge in [0.1, 0.15) is 5.75 Å². The van der Waals surface area contributed by atoms with Crippen molar-refractivity contribution in [2.24, 2.45) is 0 Å². The lowest BCUT2D eigenvalue weighted by Gasteiger charge is -2.42. The number of hydrogen-bond acceptors (Lipinski definition) is 7. The molecule has 1 saturated heterocycles. The van der Waals surface area contributed by atoms with Crippen LogP contribution in [0.25, 0.3) is 0 Å². The van der Waals surface area contributed by atoms with E-state index < -0.39 is 5.92 Å². The summed E-state index contributed by atoms with van der Waals surface area (Å²) in [6, 6.07) is 11.7. The summed E-state index contributed by atoms with van der Waals surface area (Å²) in [5.74, 6) is 1.69. The molecule has 2 aliphatic rings. The fourth-order valence-corrected chi connectivity index (χ4v) is 5.44. The molecule has 0 aromatic heterocycles. The number of nitriles is 1. The highest BCUT2D eigenvalue weighted by atomic mass is 35.5. The van der Waals surface area contributed by atoms with E-state index in [0.717, 1.165) is 16.8 Å². The zero-order valence-electron chi connectivity index (χ0n) is 18.8. The highest BCUT2D eigenvalue weighted by Gasteiger charge is 2.39. The third kappa shape index (κ3) is 4.19. The van der Waals surface area contributed by atoms with E-state index in [0.29, 0.717) is 45.4 Å². The molecule has 0 saturated carbocycles. The lowest BCUT2D eigenvalue weighted by molar-refractivity contribution is -0.129. The van der Waals surface area contributed by atoms with Crippen molar-refractivity contribution in [1.82, 2.24) is 4.90 Å². The molecule has 0 N–H and O–H groups in total. The first-order chi connectivity index (χ1) is 15.9. The molecule has 0 bridgehead atoms. The van der Waals surface area contributed by atoms with E-state index in [2.05, 4.69) is 11.0 Å². The first-order valence-corrected chi connectivity index (χ1v) is 11.7. The average Bonchev–Trinajstić information content (AvgIpc) is 2.84. The number of halogens is 1. The van der Waals surface area contributed by atoms with E-state index in [1.165, 1.54) is 11.8 Å². The van der Waals surface area contributed by atoms with Gasteiger partial charge < -0.3 is 19.1 Å². The molecule has 4 rings (SSSR count). The average molecular weight is 486 g/mol. The Morgan fingerprint density at radius 1 is 1.09 bits per heavy atom. The van der Waals surface area contributed by atoms with Crippen LogP contribution in [0.3, 0.4) is 0 Å². The van der Waals surface area contributed by atoms with Crippen LogP contribution in [0.5, 0.6) is 17.2 Å². The molecule has 1 atom stereocenters. The maximum atomic E-state index is 13.3. The van der Waals surface area contributed by atoms with Crippen LogP contribution < -0.4 is 19.1 Å². The number of thioether (sulfide) groups is 1. The normalized spacial score (nSPS) is 18.1. The van der Waals surface area contributed by atoms with E-state index >= 15 is 0 Å². The van der Waals surface area contributed by atoms with Crippen molar-refractivity contribution in [3.05, 3.63) is 57.1 Å². The number of nitrogens with zero attached hydrogens (tertiary/aromatic N) is 3. The van der Waals surface area contributed by atoms with Crippen molar-refractivity contribution >= 4 is 35.0 Å². The van der Waals surface area contributed by atoms with E-state index in [1.807, 2.05) is 25.1 Å². The maximum Gasteiger partial charge on any atom is 0.229 e. The lowest BCUT2D eigenvalue weighted by atomic mass is 9.85. The summed E-state index contributed by atoms with van der Waals surface area (Å²) in [6.07, 6.45) is 0.154. The molecule has 2 aliphatic heterocycles. The largest absolute Gasteiger partial charge is 0.496 e. The van der Waals surface area contributed by atoms with Gasteiger partial charge >= 0.3 is 0 Å². The lowest BCUT2D eigenvalue weighted by Crippen LogP contribution is -2.47. The van der Waals surface area contributed by atoms with Gasteiger partial charge in [0, 0.05) is 34.7 Å². The molecule has 0 aliphatic carbocycles. The molecule has 2 aromatic carbocycles. The van der Waals surface area contributed by atoms with Crippen molar-refractivity contribution in [3.8, 4) is 23.3 Å². The number of benzene rings is 2. The van der Waals surface area contributed by atoms with Crippen molar-refractivity contribution in [2.75, 3.05) is 38.8 Å². The minimum atomic E-state index is -0.434. The summed E-state index contributed by atoms with van der Waals surface area (Å²) in [7, 11) is 4.66. The minimum Gasteiger partial charge on any atom is -0.496 e. The molecule has 0 unspecified atom stereocenters. The molecule has 2 heterocycles. The number of methoxy groups -OCH3 is 3. The zero-order valence-corrected chi connectivity index (χ0v) is 20.4.